The minimum absolute atomic E-state index is 0.392. The number of ether oxygens (including phenoxy) is 3. The summed E-state index contributed by atoms with van der Waals surface area (Å²) in [5.41, 5.74) is -1.79. The first kappa shape index (κ1) is 17.9. The molecule has 0 spiro atoms. The number of benzene rings is 1. The van der Waals surface area contributed by atoms with Crippen molar-refractivity contribution in [3.63, 3.8) is 0 Å². The molecule has 0 saturated carbocycles. The minimum atomic E-state index is -1.58. The van der Waals surface area contributed by atoms with Gasteiger partial charge in [-0.2, -0.15) is 0 Å². The van der Waals surface area contributed by atoms with Gasteiger partial charge in [0.2, 0.25) is 0 Å². The van der Waals surface area contributed by atoms with Gasteiger partial charge < -0.3 is 29.5 Å². The molecule has 2 aliphatic heterocycles. The largest absolute Gasteiger partial charge is 0.478 e. The van der Waals surface area contributed by atoms with E-state index in [4.69, 9.17) is 29.5 Å². The molecule has 2 aliphatic rings. The first-order valence-electron chi connectivity index (χ1n) is 7.04. The van der Waals surface area contributed by atoms with Crippen LogP contribution < -0.4 is 0 Å². The summed E-state index contributed by atoms with van der Waals surface area (Å²) >= 11 is 0. The van der Waals surface area contributed by atoms with Crippen LogP contribution in [0.5, 0.6) is 0 Å². The van der Waals surface area contributed by atoms with Crippen LogP contribution in [0.2, 0.25) is 0 Å². The number of aromatic carboxylic acids is 3. The smallest absolute Gasteiger partial charge is 0.337 e. The highest BCUT2D eigenvalue weighted by Gasteiger charge is 2.26. The normalized spacial score (nSPS) is 20.5. The van der Waals surface area contributed by atoms with Crippen LogP contribution in [0.3, 0.4) is 0 Å². The molecular formula is C15H16O9. The minimum Gasteiger partial charge on any atom is -0.478 e. The quantitative estimate of drug-likeness (QED) is 0.606. The lowest BCUT2D eigenvalue weighted by molar-refractivity contribution is 0.0633. The highest BCUT2D eigenvalue weighted by atomic mass is 16.6. The van der Waals surface area contributed by atoms with Crippen molar-refractivity contribution in [3.8, 4) is 0 Å². The maximum Gasteiger partial charge on any atom is 0.337 e. The average molecular weight is 340 g/mol. The first-order chi connectivity index (χ1) is 11.4. The Morgan fingerprint density at radius 3 is 1.62 bits per heavy atom. The summed E-state index contributed by atoms with van der Waals surface area (Å²) < 4.78 is 15.1. The fourth-order valence-electron chi connectivity index (χ4n) is 1.80. The molecule has 9 heteroatoms. The predicted octanol–water partition coefficient (Wildman–Crippen LogP) is 0.582. The van der Waals surface area contributed by atoms with Gasteiger partial charge in [-0.05, 0) is 12.1 Å². The van der Waals surface area contributed by atoms with Crippen LogP contribution in [0, 0.1) is 0 Å². The summed E-state index contributed by atoms with van der Waals surface area (Å²) in [6, 6.07) is 3.26. The van der Waals surface area contributed by atoms with E-state index in [-0.39, 0.29) is 0 Å². The molecule has 2 atom stereocenters. The van der Waals surface area contributed by atoms with E-state index in [1.807, 2.05) is 0 Å². The predicted molar refractivity (Wildman–Crippen MR) is 77.6 cm³/mol. The Morgan fingerprint density at radius 1 is 0.917 bits per heavy atom. The van der Waals surface area contributed by atoms with E-state index in [2.05, 4.69) is 0 Å². The van der Waals surface area contributed by atoms with Crippen LogP contribution in [-0.2, 0) is 14.2 Å². The van der Waals surface area contributed by atoms with E-state index in [9.17, 15) is 14.4 Å². The van der Waals surface area contributed by atoms with Gasteiger partial charge >= 0.3 is 17.9 Å². The summed E-state index contributed by atoms with van der Waals surface area (Å²) in [6.45, 7) is 3.26. The lowest BCUT2D eigenvalue weighted by Gasteiger charge is -2.04. The van der Waals surface area contributed by atoms with Gasteiger partial charge in [-0.1, -0.05) is 6.07 Å². The number of carbonyl (C=O) groups is 3. The van der Waals surface area contributed by atoms with E-state index in [1.54, 1.807) is 0 Å². The van der Waals surface area contributed by atoms with Crippen LogP contribution in [0.15, 0.2) is 18.2 Å². The van der Waals surface area contributed by atoms with Crippen molar-refractivity contribution in [2.45, 2.75) is 12.2 Å². The lowest BCUT2D eigenvalue weighted by Crippen LogP contribution is -2.14. The summed E-state index contributed by atoms with van der Waals surface area (Å²) in [6.07, 6.45) is 0.785. The Labute approximate surface area is 136 Å². The zero-order valence-electron chi connectivity index (χ0n) is 12.5. The Morgan fingerprint density at radius 2 is 1.33 bits per heavy atom. The van der Waals surface area contributed by atoms with Gasteiger partial charge in [0.05, 0.1) is 43.1 Å². The molecule has 0 aliphatic carbocycles. The van der Waals surface area contributed by atoms with Crippen LogP contribution in [0.4, 0.5) is 0 Å². The van der Waals surface area contributed by atoms with Crippen LogP contribution in [-0.4, -0.2) is 71.9 Å². The molecule has 2 unspecified atom stereocenters. The second-order valence-corrected chi connectivity index (χ2v) is 5.09. The molecule has 9 nitrogen and oxygen atoms in total. The number of carboxylic acid groups (broad SMARTS) is 3. The molecule has 2 fully saturated rings. The van der Waals surface area contributed by atoms with E-state index >= 15 is 0 Å². The first-order valence-corrected chi connectivity index (χ1v) is 7.04. The van der Waals surface area contributed by atoms with Crippen LogP contribution >= 0.6 is 0 Å². The zero-order chi connectivity index (χ0) is 17.7. The Kier molecular flexibility index (Phi) is 5.85. The standard InChI is InChI=1S/C9H6O6.C6H10O3/c10-7(11)4-2-1-3-5(8(12)13)6(4)9(14)15;1(5-3-8-5)7-2-6-4-9-6/h1-3H,(H,10,11)(H,12,13)(H,14,15);5-6H,1-4H2. The van der Waals surface area contributed by atoms with E-state index in [0.717, 1.165) is 38.6 Å². The number of hydrogen-bond donors (Lipinski definition) is 3. The molecular weight excluding hydrogens is 324 g/mol. The van der Waals surface area contributed by atoms with Crippen molar-refractivity contribution in [3.05, 3.63) is 34.9 Å². The third-order valence-corrected chi connectivity index (χ3v) is 3.15. The summed E-state index contributed by atoms with van der Waals surface area (Å²) in [5, 5.41) is 26.0. The average Bonchev–Trinajstić information content (AvgIpc) is 3.42. The molecule has 0 aromatic heterocycles. The van der Waals surface area contributed by atoms with Crippen molar-refractivity contribution in [1.29, 1.82) is 0 Å². The Hall–Kier alpha value is -2.49. The van der Waals surface area contributed by atoms with Crippen LogP contribution in [0.1, 0.15) is 31.1 Å². The van der Waals surface area contributed by atoms with Gasteiger partial charge in [0.25, 0.3) is 0 Å². The molecule has 0 amide bonds. The summed E-state index contributed by atoms with van der Waals surface area (Å²) in [7, 11) is 0. The van der Waals surface area contributed by atoms with Gasteiger partial charge in [0.1, 0.15) is 12.2 Å². The monoisotopic (exact) mass is 340 g/mol. The van der Waals surface area contributed by atoms with E-state index < -0.39 is 34.6 Å². The molecule has 1 aromatic carbocycles. The molecule has 1 aromatic rings. The number of epoxide rings is 2. The molecule has 2 saturated heterocycles. The second kappa shape index (κ2) is 7.86. The summed E-state index contributed by atoms with van der Waals surface area (Å²) in [4.78, 5) is 32.0. The molecule has 3 rings (SSSR count). The molecule has 2 heterocycles. The fraction of sp³-hybridized carbons (Fsp3) is 0.400. The van der Waals surface area contributed by atoms with Gasteiger partial charge in [-0.3, -0.25) is 0 Å². The van der Waals surface area contributed by atoms with Crippen molar-refractivity contribution < 1.29 is 43.9 Å². The molecule has 3 N–H and O–H groups in total. The maximum absolute atomic E-state index is 10.7. The van der Waals surface area contributed by atoms with Crippen molar-refractivity contribution in [1.82, 2.24) is 0 Å². The lowest BCUT2D eigenvalue weighted by atomic mass is 10.0. The third kappa shape index (κ3) is 5.30. The highest BCUT2D eigenvalue weighted by Crippen LogP contribution is 2.15. The van der Waals surface area contributed by atoms with E-state index in [1.165, 1.54) is 6.07 Å². The third-order valence-electron chi connectivity index (χ3n) is 3.15. The maximum atomic E-state index is 10.7. The Balaban J connectivity index is 0.000000194. The molecule has 24 heavy (non-hydrogen) atoms. The topological polar surface area (TPSA) is 146 Å². The van der Waals surface area contributed by atoms with Gasteiger partial charge in [-0.25, -0.2) is 14.4 Å². The van der Waals surface area contributed by atoms with Crippen molar-refractivity contribution >= 4 is 17.9 Å². The fourth-order valence-corrected chi connectivity index (χ4v) is 1.80. The second-order valence-electron chi connectivity index (χ2n) is 5.09. The molecule has 130 valence electrons. The molecule has 0 bridgehead atoms. The number of rotatable bonds is 7. The van der Waals surface area contributed by atoms with Crippen LogP contribution in [0.25, 0.3) is 0 Å². The zero-order valence-corrected chi connectivity index (χ0v) is 12.5. The highest BCUT2D eigenvalue weighted by molar-refractivity contribution is 6.08. The van der Waals surface area contributed by atoms with E-state index in [0.29, 0.717) is 12.2 Å². The van der Waals surface area contributed by atoms with Gasteiger partial charge in [0.15, 0.2) is 0 Å². The van der Waals surface area contributed by atoms with Gasteiger partial charge in [0, 0.05) is 0 Å². The van der Waals surface area contributed by atoms with Crippen molar-refractivity contribution in [2.24, 2.45) is 0 Å². The summed E-state index contributed by atoms with van der Waals surface area (Å²) in [5.74, 6) is -4.53. The van der Waals surface area contributed by atoms with Gasteiger partial charge in [-0.15, -0.1) is 0 Å². The SMILES string of the molecule is C(OCC1CO1)C1CO1.O=C(O)c1cccc(C(=O)O)c1C(=O)O. The molecule has 0 radical (unpaired) electrons. The van der Waals surface area contributed by atoms with Crippen molar-refractivity contribution in [2.75, 3.05) is 26.4 Å². The number of carboxylic acids is 3. The number of hydrogen-bond acceptors (Lipinski definition) is 6. The Bertz CT molecular complexity index is 588.